The number of aromatic nitrogens is 5. The third kappa shape index (κ3) is 3.58. The van der Waals surface area contributed by atoms with Crippen LogP contribution in [-0.4, -0.2) is 38.3 Å². The van der Waals surface area contributed by atoms with Gasteiger partial charge in [-0.3, -0.25) is 9.36 Å². The molecule has 0 aliphatic rings. The molecule has 9 heteroatoms. The van der Waals surface area contributed by atoms with E-state index in [1.807, 2.05) is 37.4 Å². The Labute approximate surface area is 170 Å². The summed E-state index contributed by atoms with van der Waals surface area (Å²) in [5, 5.41) is 9.44. The first-order valence-electron chi connectivity index (χ1n) is 8.69. The highest BCUT2D eigenvalue weighted by Gasteiger charge is 2.17. The fraction of sp³-hybridized carbons (Fsp3) is 0.263. The smallest absolute Gasteiger partial charge is 0.263 e. The quantitative estimate of drug-likeness (QED) is 0.482. The summed E-state index contributed by atoms with van der Waals surface area (Å²) in [4.78, 5) is 19.5. The topological polar surface area (TPSA) is 74.8 Å². The molecule has 0 radical (unpaired) electrons. The number of hydrogen-bond donors (Lipinski definition) is 0. The Balaban J connectivity index is 1.75. The van der Waals surface area contributed by atoms with Crippen molar-refractivity contribution in [2.75, 3.05) is 13.7 Å². The molecule has 0 aliphatic carbocycles. The number of methoxy groups -OCH3 is 1. The molecule has 4 rings (SSSR count). The van der Waals surface area contributed by atoms with Crippen LogP contribution in [0.4, 0.5) is 0 Å². The summed E-state index contributed by atoms with van der Waals surface area (Å²) in [6, 6.07) is 7.53. The fourth-order valence-corrected chi connectivity index (χ4v) is 4.31. The molecule has 0 fully saturated rings. The van der Waals surface area contributed by atoms with Gasteiger partial charge in [-0.25, -0.2) is 9.67 Å². The van der Waals surface area contributed by atoms with Gasteiger partial charge in [0.2, 0.25) is 0 Å². The lowest BCUT2D eigenvalue weighted by Crippen LogP contribution is -2.21. The van der Waals surface area contributed by atoms with Gasteiger partial charge in [0.15, 0.2) is 0 Å². The summed E-state index contributed by atoms with van der Waals surface area (Å²) in [7, 11) is 1.64. The zero-order valence-corrected chi connectivity index (χ0v) is 17.0. The molecule has 3 heterocycles. The molecule has 0 saturated heterocycles. The largest absolute Gasteiger partial charge is 0.383 e. The van der Waals surface area contributed by atoms with Gasteiger partial charge in [-0.15, -0.1) is 16.4 Å². The summed E-state index contributed by atoms with van der Waals surface area (Å²) in [5.41, 5.74) is 2.39. The number of fused-ring (bicyclic) bond motifs is 1. The summed E-state index contributed by atoms with van der Waals surface area (Å²) in [6.07, 6.45) is 3.38. The summed E-state index contributed by atoms with van der Waals surface area (Å²) < 4.78 is 8.30. The van der Waals surface area contributed by atoms with Gasteiger partial charge in [0.25, 0.3) is 5.56 Å². The molecule has 28 heavy (non-hydrogen) atoms. The van der Waals surface area contributed by atoms with Gasteiger partial charge >= 0.3 is 0 Å². The van der Waals surface area contributed by atoms with E-state index < -0.39 is 0 Å². The second kappa shape index (κ2) is 7.83. The molecule has 0 unspecified atom stereocenters. The van der Waals surface area contributed by atoms with E-state index in [4.69, 9.17) is 16.3 Å². The molecule has 4 aromatic rings. The molecule has 1 aromatic carbocycles. The van der Waals surface area contributed by atoms with Crippen molar-refractivity contribution in [3.63, 3.8) is 0 Å². The van der Waals surface area contributed by atoms with Crippen LogP contribution in [0.15, 0.2) is 41.6 Å². The van der Waals surface area contributed by atoms with Crippen molar-refractivity contribution >= 4 is 33.2 Å². The molecule has 0 spiro atoms. The van der Waals surface area contributed by atoms with Crippen LogP contribution in [0, 0.1) is 6.92 Å². The number of hydrogen-bond acceptors (Lipinski definition) is 6. The van der Waals surface area contributed by atoms with Gasteiger partial charge in [0, 0.05) is 22.6 Å². The first-order chi connectivity index (χ1) is 13.6. The molecule has 0 bridgehead atoms. The molecular weight excluding hydrogens is 398 g/mol. The Bertz CT molecular complexity index is 1200. The molecule has 0 atom stereocenters. The van der Waals surface area contributed by atoms with Crippen molar-refractivity contribution in [1.82, 2.24) is 24.5 Å². The number of nitrogens with zero attached hydrogens (tertiary/aromatic N) is 5. The first kappa shape index (κ1) is 18.8. The van der Waals surface area contributed by atoms with Gasteiger partial charge in [0.1, 0.15) is 10.5 Å². The van der Waals surface area contributed by atoms with Crippen LogP contribution < -0.4 is 5.56 Å². The Morgan fingerprint density at radius 3 is 2.96 bits per heavy atom. The van der Waals surface area contributed by atoms with E-state index in [0.717, 1.165) is 20.8 Å². The predicted octanol–water partition coefficient (Wildman–Crippen LogP) is 3.37. The predicted molar refractivity (Wildman–Crippen MR) is 110 cm³/mol. The summed E-state index contributed by atoms with van der Waals surface area (Å²) in [6.45, 7) is 3.46. The van der Waals surface area contributed by atoms with Crippen molar-refractivity contribution in [1.29, 1.82) is 0 Å². The van der Waals surface area contributed by atoms with E-state index >= 15 is 0 Å². The fourth-order valence-electron chi connectivity index (χ4n) is 3.12. The zero-order valence-electron chi connectivity index (χ0n) is 15.4. The summed E-state index contributed by atoms with van der Waals surface area (Å²) in [5.74, 6) is 0. The van der Waals surface area contributed by atoms with E-state index in [2.05, 4.69) is 15.3 Å². The molecule has 0 saturated carbocycles. The lowest BCUT2D eigenvalue weighted by molar-refractivity contribution is 0.183. The lowest BCUT2D eigenvalue weighted by atomic mass is 10.0. The van der Waals surface area contributed by atoms with Crippen molar-refractivity contribution < 1.29 is 4.74 Å². The Morgan fingerprint density at radius 1 is 1.32 bits per heavy atom. The lowest BCUT2D eigenvalue weighted by Gasteiger charge is -2.05. The standard InChI is InChI=1S/C19H18ClN5O2S/c1-12-16(13-4-3-5-14(20)8-13)17-18(28-12)21-11-24(19(17)26)9-15-10-25(23-22-15)6-7-27-2/h3-5,8,10-11H,6-7,9H2,1-2H3. The second-order valence-electron chi connectivity index (χ2n) is 6.37. The van der Waals surface area contributed by atoms with Crippen LogP contribution in [0.1, 0.15) is 10.6 Å². The number of ether oxygens (including phenoxy) is 1. The van der Waals surface area contributed by atoms with E-state index in [0.29, 0.717) is 35.8 Å². The molecule has 3 aromatic heterocycles. The second-order valence-corrected chi connectivity index (χ2v) is 8.01. The van der Waals surface area contributed by atoms with Gasteiger partial charge in [0.05, 0.1) is 37.6 Å². The molecular formula is C19H18ClN5O2S. The molecule has 7 nitrogen and oxygen atoms in total. The van der Waals surface area contributed by atoms with Crippen LogP contribution >= 0.6 is 22.9 Å². The number of thiophene rings is 1. The summed E-state index contributed by atoms with van der Waals surface area (Å²) >= 11 is 7.67. The van der Waals surface area contributed by atoms with E-state index in [9.17, 15) is 4.79 Å². The maximum atomic E-state index is 13.2. The van der Waals surface area contributed by atoms with Gasteiger partial charge in [-0.05, 0) is 24.6 Å². The molecule has 0 amide bonds. The van der Waals surface area contributed by atoms with Crippen LogP contribution in [-0.2, 0) is 17.8 Å². The highest BCUT2D eigenvalue weighted by atomic mass is 35.5. The highest BCUT2D eigenvalue weighted by Crippen LogP contribution is 2.36. The Kier molecular flexibility index (Phi) is 5.25. The van der Waals surface area contributed by atoms with Crippen LogP contribution in [0.3, 0.4) is 0 Å². The highest BCUT2D eigenvalue weighted by molar-refractivity contribution is 7.19. The number of aryl methyl sites for hydroxylation is 1. The molecule has 144 valence electrons. The Morgan fingerprint density at radius 2 is 2.18 bits per heavy atom. The maximum absolute atomic E-state index is 13.2. The van der Waals surface area contributed by atoms with Crippen molar-refractivity contribution in [3.8, 4) is 11.1 Å². The SMILES string of the molecule is COCCn1cc(Cn2cnc3sc(C)c(-c4cccc(Cl)c4)c3c2=O)nn1. The van der Waals surface area contributed by atoms with Crippen molar-refractivity contribution in [2.24, 2.45) is 0 Å². The maximum Gasteiger partial charge on any atom is 0.263 e. The molecule has 0 N–H and O–H groups in total. The van der Waals surface area contributed by atoms with E-state index in [-0.39, 0.29) is 5.56 Å². The third-order valence-corrected chi connectivity index (χ3v) is 5.66. The minimum Gasteiger partial charge on any atom is -0.383 e. The first-order valence-corrected chi connectivity index (χ1v) is 9.88. The Hall–Kier alpha value is -2.55. The van der Waals surface area contributed by atoms with Crippen LogP contribution in [0.25, 0.3) is 21.3 Å². The number of halogens is 1. The minimum absolute atomic E-state index is 0.101. The monoisotopic (exact) mass is 415 g/mol. The number of benzene rings is 1. The van der Waals surface area contributed by atoms with Gasteiger partial charge in [-0.2, -0.15) is 0 Å². The molecule has 0 aliphatic heterocycles. The normalized spacial score (nSPS) is 11.4. The number of rotatable bonds is 6. The van der Waals surface area contributed by atoms with Crippen molar-refractivity contribution in [3.05, 3.63) is 62.7 Å². The zero-order chi connectivity index (χ0) is 19.7. The minimum atomic E-state index is -0.101. The third-order valence-electron chi connectivity index (χ3n) is 4.41. The average Bonchev–Trinajstić information content (AvgIpc) is 3.26. The van der Waals surface area contributed by atoms with Gasteiger partial charge in [-0.1, -0.05) is 28.9 Å². The van der Waals surface area contributed by atoms with Gasteiger partial charge < -0.3 is 4.74 Å². The van der Waals surface area contributed by atoms with E-state index in [1.165, 1.54) is 11.3 Å². The van der Waals surface area contributed by atoms with Crippen LogP contribution in [0.2, 0.25) is 5.02 Å². The van der Waals surface area contributed by atoms with Crippen LogP contribution in [0.5, 0.6) is 0 Å². The average molecular weight is 416 g/mol. The van der Waals surface area contributed by atoms with E-state index in [1.54, 1.807) is 22.7 Å². The van der Waals surface area contributed by atoms with Crippen molar-refractivity contribution in [2.45, 2.75) is 20.0 Å².